The molecule has 1 rings (SSSR count). The minimum Gasteiger partial charge on any atom is -0.294 e. The van der Waals surface area contributed by atoms with Crippen molar-refractivity contribution in [1.82, 2.24) is 0 Å². The van der Waals surface area contributed by atoms with Gasteiger partial charge in [0.2, 0.25) is 0 Å². The molecule has 0 N–H and O–H groups in total. The van der Waals surface area contributed by atoms with Gasteiger partial charge >= 0.3 is 6.18 Å². The predicted octanol–water partition coefficient (Wildman–Crippen LogP) is 4.12. The van der Waals surface area contributed by atoms with Crippen LogP contribution in [0.2, 0.25) is 0 Å². The fourth-order valence-corrected chi connectivity index (χ4v) is 1.44. The van der Waals surface area contributed by atoms with E-state index in [0.717, 1.165) is 5.56 Å². The second-order valence-electron chi connectivity index (χ2n) is 5.04. The van der Waals surface area contributed by atoms with Crippen LogP contribution in [-0.4, -0.2) is 12.0 Å². The van der Waals surface area contributed by atoms with E-state index in [9.17, 15) is 18.0 Å². The maximum atomic E-state index is 12.0. The van der Waals surface area contributed by atoms with Gasteiger partial charge in [0, 0.05) is 5.56 Å². The average Bonchev–Trinajstić information content (AvgIpc) is 2.14. The first-order valence-corrected chi connectivity index (χ1v) is 5.30. The van der Waals surface area contributed by atoms with Gasteiger partial charge in [0.15, 0.2) is 5.78 Å². The van der Waals surface area contributed by atoms with E-state index in [1.807, 2.05) is 20.8 Å². The first-order chi connectivity index (χ1) is 7.59. The Morgan fingerprint density at radius 2 is 1.53 bits per heavy atom. The number of hydrogen-bond acceptors (Lipinski definition) is 1. The molecule has 0 aromatic heterocycles. The molecule has 0 saturated heterocycles. The molecular weight excluding hydrogens is 231 g/mol. The molecule has 0 heterocycles. The van der Waals surface area contributed by atoms with Crippen LogP contribution in [0.25, 0.3) is 0 Å². The molecule has 17 heavy (non-hydrogen) atoms. The lowest BCUT2D eigenvalue weighted by atomic mass is 9.86. The molecule has 1 aromatic rings. The number of Topliss-reactive ketones (excluding diaryl/α,β-unsaturated/α-hetero) is 1. The van der Waals surface area contributed by atoms with Crippen LogP contribution in [-0.2, 0) is 5.41 Å². The molecule has 0 aliphatic heterocycles. The molecule has 4 heteroatoms. The van der Waals surface area contributed by atoms with Crippen LogP contribution >= 0.6 is 0 Å². The van der Waals surface area contributed by atoms with E-state index in [2.05, 4.69) is 0 Å². The first kappa shape index (κ1) is 13.7. The highest BCUT2D eigenvalue weighted by Gasteiger charge is 2.31. The van der Waals surface area contributed by atoms with Crippen molar-refractivity contribution in [3.63, 3.8) is 0 Å². The van der Waals surface area contributed by atoms with Crippen LogP contribution in [0.3, 0.4) is 0 Å². The Morgan fingerprint density at radius 3 is 1.88 bits per heavy atom. The highest BCUT2D eigenvalue weighted by Crippen LogP contribution is 2.25. The van der Waals surface area contributed by atoms with Crippen molar-refractivity contribution in [2.75, 3.05) is 0 Å². The zero-order valence-corrected chi connectivity index (χ0v) is 10.1. The third-order valence-corrected chi connectivity index (χ3v) is 2.43. The molecule has 94 valence electrons. The lowest BCUT2D eigenvalue weighted by Crippen LogP contribution is -2.15. The molecule has 1 nitrogen and oxygen atoms in total. The van der Waals surface area contributed by atoms with Crippen LogP contribution in [0, 0.1) is 0 Å². The van der Waals surface area contributed by atoms with E-state index < -0.39 is 18.4 Å². The molecule has 0 saturated carbocycles. The van der Waals surface area contributed by atoms with Gasteiger partial charge in [-0.25, -0.2) is 0 Å². The van der Waals surface area contributed by atoms with Crippen LogP contribution in [0.5, 0.6) is 0 Å². The van der Waals surface area contributed by atoms with Gasteiger partial charge in [0.25, 0.3) is 0 Å². The van der Waals surface area contributed by atoms with Crippen molar-refractivity contribution in [3.05, 3.63) is 35.4 Å². The Bertz CT molecular complexity index is 396. The summed E-state index contributed by atoms with van der Waals surface area (Å²) in [6, 6.07) is 6.30. The first-order valence-electron chi connectivity index (χ1n) is 5.30. The van der Waals surface area contributed by atoms with Gasteiger partial charge < -0.3 is 0 Å². The number of halogens is 3. The molecule has 0 aliphatic carbocycles. The van der Waals surface area contributed by atoms with Gasteiger partial charge in [0.1, 0.15) is 6.42 Å². The van der Waals surface area contributed by atoms with Gasteiger partial charge in [-0.15, -0.1) is 0 Å². The van der Waals surface area contributed by atoms with E-state index in [0.29, 0.717) is 0 Å². The summed E-state index contributed by atoms with van der Waals surface area (Å²) in [5.74, 6) is -0.891. The molecule has 0 radical (unpaired) electrons. The van der Waals surface area contributed by atoms with Gasteiger partial charge in [0.05, 0.1) is 0 Å². The van der Waals surface area contributed by atoms with E-state index >= 15 is 0 Å². The van der Waals surface area contributed by atoms with E-state index in [1.54, 1.807) is 12.1 Å². The van der Waals surface area contributed by atoms with E-state index in [1.165, 1.54) is 12.1 Å². The predicted molar refractivity (Wildman–Crippen MR) is 60.1 cm³/mol. The van der Waals surface area contributed by atoms with E-state index in [-0.39, 0.29) is 11.0 Å². The second-order valence-corrected chi connectivity index (χ2v) is 5.04. The maximum Gasteiger partial charge on any atom is 0.396 e. The molecule has 0 fully saturated rings. The minimum atomic E-state index is -4.44. The summed E-state index contributed by atoms with van der Waals surface area (Å²) in [5, 5.41) is 0. The number of carbonyl (C=O) groups excluding carboxylic acids is 1. The number of carbonyl (C=O) groups is 1. The Labute approximate surface area is 98.6 Å². The average molecular weight is 246 g/mol. The lowest BCUT2D eigenvalue weighted by molar-refractivity contribution is -0.125. The summed E-state index contributed by atoms with van der Waals surface area (Å²) in [6.45, 7) is 6.00. The maximum absolute atomic E-state index is 12.0. The number of hydrogen-bond donors (Lipinski definition) is 0. The highest BCUT2D eigenvalue weighted by atomic mass is 19.4. The summed E-state index contributed by atoms with van der Waals surface area (Å²) in [4.78, 5) is 11.3. The van der Waals surface area contributed by atoms with Crippen molar-refractivity contribution in [3.8, 4) is 0 Å². The third-order valence-electron chi connectivity index (χ3n) is 2.43. The molecule has 0 aliphatic rings. The SMILES string of the molecule is CC(C)(C)c1ccc(C(=[18O])CC(F)(F)F)cc1. The lowest BCUT2D eigenvalue weighted by Gasteiger charge is -2.19. The van der Waals surface area contributed by atoms with Crippen molar-refractivity contribution in [1.29, 1.82) is 0 Å². The van der Waals surface area contributed by atoms with Gasteiger partial charge in [-0.1, -0.05) is 45.0 Å². The van der Waals surface area contributed by atoms with Crippen LogP contribution in [0.15, 0.2) is 24.3 Å². The van der Waals surface area contributed by atoms with Crippen molar-refractivity contribution in [2.24, 2.45) is 0 Å². The van der Waals surface area contributed by atoms with Crippen molar-refractivity contribution >= 4 is 5.78 Å². The standard InChI is InChI=1S/C13H15F3O/c1-12(2,3)10-6-4-9(5-7-10)11(17)8-13(14,15)16/h4-7H,8H2,1-3H3/i17+2. The molecule has 0 bridgehead atoms. The topological polar surface area (TPSA) is 17.1 Å². The number of ketones is 1. The summed E-state index contributed by atoms with van der Waals surface area (Å²) in [6.07, 6.45) is -5.85. The number of alkyl halides is 3. The normalized spacial score (nSPS) is 12.6. The van der Waals surface area contributed by atoms with Crippen molar-refractivity contribution in [2.45, 2.75) is 38.8 Å². The van der Waals surface area contributed by atoms with E-state index in [4.69, 9.17) is 0 Å². The molecular formula is C13H15F3O. The summed E-state index contributed by atoms with van der Waals surface area (Å²) < 4.78 is 36.1. The quantitative estimate of drug-likeness (QED) is 0.566. The van der Waals surface area contributed by atoms with Gasteiger partial charge in [-0.2, -0.15) is 13.2 Å². The molecule has 1 aromatic carbocycles. The summed E-state index contributed by atoms with van der Waals surface area (Å²) in [7, 11) is 0. The van der Waals surface area contributed by atoms with Crippen LogP contribution in [0.1, 0.15) is 43.1 Å². The Kier molecular flexibility index (Phi) is 3.65. The second kappa shape index (κ2) is 4.51. The summed E-state index contributed by atoms with van der Waals surface area (Å²) >= 11 is 0. The zero-order chi connectivity index (χ0) is 13.3. The smallest absolute Gasteiger partial charge is 0.294 e. The molecule has 0 unspecified atom stereocenters. The minimum absolute atomic E-state index is 0.0778. The van der Waals surface area contributed by atoms with Gasteiger partial charge in [-0.3, -0.25) is 4.79 Å². The van der Waals surface area contributed by atoms with Crippen LogP contribution in [0.4, 0.5) is 13.2 Å². The van der Waals surface area contributed by atoms with Crippen LogP contribution < -0.4 is 0 Å². The Balaban J connectivity index is 2.85. The van der Waals surface area contributed by atoms with Crippen molar-refractivity contribution < 1.29 is 18.0 Å². The molecule has 0 atom stereocenters. The van der Waals surface area contributed by atoms with Gasteiger partial charge in [-0.05, 0) is 11.0 Å². The Hall–Kier alpha value is -1.32. The number of rotatable bonds is 2. The third kappa shape index (κ3) is 4.21. The monoisotopic (exact) mass is 246 g/mol. The largest absolute Gasteiger partial charge is 0.396 e. The summed E-state index contributed by atoms with van der Waals surface area (Å²) in [5.41, 5.74) is 1.02. The fraction of sp³-hybridized carbons (Fsp3) is 0.462. The fourth-order valence-electron chi connectivity index (χ4n) is 1.44. The molecule has 0 amide bonds. The highest BCUT2D eigenvalue weighted by molar-refractivity contribution is 5.96. The molecule has 0 spiro atoms. The Morgan fingerprint density at radius 1 is 1.06 bits per heavy atom. The zero-order valence-electron chi connectivity index (χ0n) is 10.1. The number of benzene rings is 1.